The van der Waals surface area contributed by atoms with Gasteiger partial charge in [-0.05, 0) is 24.3 Å². The highest BCUT2D eigenvalue weighted by molar-refractivity contribution is 7.19. The molecule has 0 radical (unpaired) electrons. The first-order chi connectivity index (χ1) is 12.2. The van der Waals surface area contributed by atoms with Crippen LogP contribution in [0, 0.1) is 0 Å². The van der Waals surface area contributed by atoms with E-state index in [2.05, 4.69) is 27.8 Å². The molecule has 2 aromatic heterocycles. The van der Waals surface area contributed by atoms with Crippen LogP contribution in [0.15, 0.2) is 60.8 Å². The summed E-state index contributed by atoms with van der Waals surface area (Å²) in [4.78, 5) is 18.5. The van der Waals surface area contributed by atoms with Gasteiger partial charge in [0.25, 0.3) is 0 Å². The molecule has 6 heteroatoms. The minimum absolute atomic E-state index is 0.510. The fraction of sp³-hybridized carbons (Fsp3) is 0.0526. The number of aromatic nitrogens is 2. The second-order valence-corrected chi connectivity index (χ2v) is 7.00. The molecular weight excluding hydrogens is 354 g/mol. The Balaban J connectivity index is 1.77. The van der Waals surface area contributed by atoms with Crippen LogP contribution in [-0.2, 0) is 11.8 Å². The van der Waals surface area contributed by atoms with E-state index in [1.54, 1.807) is 18.3 Å². The number of thiazole rings is 1. The molecule has 0 aliphatic rings. The summed E-state index contributed by atoms with van der Waals surface area (Å²) in [7, 11) is 2.03. The molecule has 2 heterocycles. The van der Waals surface area contributed by atoms with Crippen LogP contribution in [-0.4, -0.2) is 16.0 Å². The van der Waals surface area contributed by atoms with Crippen LogP contribution in [0.4, 0.5) is 10.8 Å². The highest BCUT2D eigenvalue weighted by Crippen LogP contribution is 2.37. The Bertz CT molecular complexity index is 1070. The SMILES string of the molecule is Cn1c(-c2cnc(N(C=O)c3ccccc3Cl)s2)cc2ccccc21. The molecule has 0 bridgehead atoms. The Kier molecular flexibility index (Phi) is 4.03. The second kappa shape index (κ2) is 6.35. The first-order valence-electron chi connectivity index (χ1n) is 7.69. The molecule has 0 spiro atoms. The first kappa shape index (κ1) is 15.9. The van der Waals surface area contributed by atoms with Crippen molar-refractivity contribution >= 4 is 51.1 Å². The predicted molar refractivity (Wildman–Crippen MR) is 104 cm³/mol. The summed E-state index contributed by atoms with van der Waals surface area (Å²) >= 11 is 7.68. The van der Waals surface area contributed by atoms with Crippen molar-refractivity contribution in [2.75, 3.05) is 4.90 Å². The fourth-order valence-corrected chi connectivity index (χ4v) is 4.05. The Morgan fingerprint density at radius 2 is 1.92 bits per heavy atom. The Morgan fingerprint density at radius 1 is 1.16 bits per heavy atom. The monoisotopic (exact) mass is 367 g/mol. The number of rotatable bonds is 4. The van der Waals surface area contributed by atoms with Gasteiger partial charge in [0.05, 0.1) is 21.3 Å². The number of anilines is 2. The standard InChI is InChI=1S/C19H14ClN3OS/c1-22-15-8-4-2-6-13(15)10-17(22)18-11-21-19(25-18)23(12-24)16-9-5-3-7-14(16)20/h2-12H,1H3. The van der Waals surface area contributed by atoms with Gasteiger partial charge in [-0.3, -0.25) is 9.69 Å². The zero-order valence-corrected chi connectivity index (χ0v) is 15.0. The van der Waals surface area contributed by atoms with Gasteiger partial charge in [0.2, 0.25) is 6.41 Å². The minimum atomic E-state index is 0.510. The molecule has 1 amide bonds. The maximum atomic E-state index is 11.6. The Labute approximate surface area is 153 Å². The van der Waals surface area contributed by atoms with E-state index >= 15 is 0 Å². The molecule has 4 aromatic rings. The molecule has 4 nitrogen and oxygen atoms in total. The summed E-state index contributed by atoms with van der Waals surface area (Å²) in [5.74, 6) is 0. The Morgan fingerprint density at radius 3 is 2.68 bits per heavy atom. The highest BCUT2D eigenvalue weighted by Gasteiger charge is 2.17. The van der Waals surface area contributed by atoms with Crippen molar-refractivity contribution in [1.29, 1.82) is 0 Å². The molecule has 0 unspecified atom stereocenters. The summed E-state index contributed by atoms with van der Waals surface area (Å²) in [6.07, 6.45) is 2.53. The summed E-state index contributed by atoms with van der Waals surface area (Å²) in [5, 5.41) is 2.27. The van der Waals surface area contributed by atoms with E-state index in [1.807, 2.05) is 31.3 Å². The van der Waals surface area contributed by atoms with Crippen molar-refractivity contribution in [2.24, 2.45) is 7.05 Å². The predicted octanol–water partition coefficient (Wildman–Crippen LogP) is 5.25. The molecule has 124 valence electrons. The number of nitrogens with zero attached hydrogens (tertiary/aromatic N) is 3. The maximum Gasteiger partial charge on any atom is 0.220 e. The number of hydrogen-bond acceptors (Lipinski definition) is 3. The van der Waals surface area contributed by atoms with Crippen LogP contribution in [0.5, 0.6) is 0 Å². The molecule has 0 atom stereocenters. The van der Waals surface area contributed by atoms with Gasteiger partial charge in [-0.25, -0.2) is 4.98 Å². The van der Waals surface area contributed by atoms with Gasteiger partial charge in [-0.2, -0.15) is 0 Å². The average Bonchev–Trinajstić information content (AvgIpc) is 3.23. The molecule has 0 saturated heterocycles. The van der Waals surface area contributed by atoms with Crippen LogP contribution in [0.1, 0.15) is 0 Å². The zero-order valence-electron chi connectivity index (χ0n) is 13.4. The first-order valence-corrected chi connectivity index (χ1v) is 8.88. The van der Waals surface area contributed by atoms with E-state index in [4.69, 9.17) is 11.6 Å². The third-order valence-electron chi connectivity index (χ3n) is 4.12. The van der Waals surface area contributed by atoms with Crippen molar-refractivity contribution in [1.82, 2.24) is 9.55 Å². The van der Waals surface area contributed by atoms with Crippen LogP contribution < -0.4 is 4.90 Å². The van der Waals surface area contributed by atoms with E-state index in [-0.39, 0.29) is 0 Å². The summed E-state index contributed by atoms with van der Waals surface area (Å²) in [6, 6.07) is 17.6. The lowest BCUT2D eigenvalue weighted by molar-refractivity contribution is -0.106. The molecule has 2 aromatic carbocycles. The second-order valence-electron chi connectivity index (χ2n) is 5.58. The molecule has 0 aliphatic carbocycles. The number of aryl methyl sites for hydroxylation is 1. The van der Waals surface area contributed by atoms with Gasteiger partial charge in [-0.15, -0.1) is 0 Å². The van der Waals surface area contributed by atoms with E-state index < -0.39 is 0 Å². The van der Waals surface area contributed by atoms with Crippen molar-refractivity contribution < 1.29 is 4.79 Å². The van der Waals surface area contributed by atoms with Crippen LogP contribution in [0.25, 0.3) is 21.5 Å². The molecular formula is C19H14ClN3OS. The topological polar surface area (TPSA) is 38.1 Å². The lowest BCUT2D eigenvalue weighted by atomic mass is 10.2. The number of amides is 1. The molecule has 0 saturated carbocycles. The largest absolute Gasteiger partial charge is 0.343 e. The van der Waals surface area contributed by atoms with Crippen molar-refractivity contribution in [3.8, 4) is 10.6 Å². The van der Waals surface area contributed by atoms with Crippen LogP contribution in [0.2, 0.25) is 5.02 Å². The molecule has 25 heavy (non-hydrogen) atoms. The Hall–Kier alpha value is -2.63. The molecule has 0 N–H and O–H groups in total. The van der Waals surface area contributed by atoms with Crippen LogP contribution in [0.3, 0.4) is 0 Å². The lowest BCUT2D eigenvalue weighted by Gasteiger charge is -2.15. The third kappa shape index (κ3) is 2.71. The fourth-order valence-electron chi connectivity index (χ4n) is 2.87. The van der Waals surface area contributed by atoms with E-state index in [1.165, 1.54) is 21.6 Å². The summed E-state index contributed by atoms with van der Waals surface area (Å²) in [5.41, 5.74) is 2.85. The lowest BCUT2D eigenvalue weighted by Crippen LogP contribution is -2.13. The van der Waals surface area contributed by atoms with Gasteiger partial charge < -0.3 is 4.57 Å². The number of benzene rings is 2. The smallest absolute Gasteiger partial charge is 0.220 e. The average molecular weight is 368 g/mol. The molecule has 4 rings (SSSR count). The van der Waals surface area contributed by atoms with Crippen molar-refractivity contribution in [3.05, 3.63) is 65.8 Å². The van der Waals surface area contributed by atoms with Crippen molar-refractivity contribution in [2.45, 2.75) is 0 Å². The molecule has 0 aliphatic heterocycles. The number of hydrogen-bond donors (Lipinski definition) is 0. The van der Waals surface area contributed by atoms with Gasteiger partial charge in [0.15, 0.2) is 5.13 Å². The quantitative estimate of drug-likeness (QED) is 0.462. The number of para-hydroxylation sites is 2. The maximum absolute atomic E-state index is 11.6. The van der Waals surface area contributed by atoms with Gasteiger partial charge >= 0.3 is 0 Å². The number of carbonyl (C=O) groups excluding carboxylic acids is 1. The number of fused-ring (bicyclic) bond motifs is 1. The number of carbonyl (C=O) groups is 1. The van der Waals surface area contributed by atoms with Crippen LogP contribution >= 0.6 is 22.9 Å². The van der Waals surface area contributed by atoms with Crippen molar-refractivity contribution in [3.63, 3.8) is 0 Å². The summed E-state index contributed by atoms with van der Waals surface area (Å²) < 4.78 is 2.13. The highest BCUT2D eigenvalue weighted by atomic mass is 35.5. The summed E-state index contributed by atoms with van der Waals surface area (Å²) in [6.45, 7) is 0. The zero-order chi connectivity index (χ0) is 17.4. The van der Waals surface area contributed by atoms with Gasteiger partial charge in [0, 0.05) is 24.1 Å². The minimum Gasteiger partial charge on any atom is -0.343 e. The van der Waals surface area contributed by atoms with Gasteiger partial charge in [-0.1, -0.05) is 53.3 Å². The number of halogens is 1. The van der Waals surface area contributed by atoms with E-state index in [9.17, 15) is 4.79 Å². The third-order valence-corrected chi connectivity index (χ3v) is 5.46. The molecule has 0 fully saturated rings. The normalized spacial score (nSPS) is 11.0. The van der Waals surface area contributed by atoms with E-state index in [0.717, 1.165) is 22.5 Å². The van der Waals surface area contributed by atoms with E-state index in [0.29, 0.717) is 15.8 Å². The van der Waals surface area contributed by atoms with Gasteiger partial charge in [0.1, 0.15) is 0 Å².